The fourth-order valence-electron chi connectivity index (χ4n) is 3.04. The van der Waals surface area contributed by atoms with Gasteiger partial charge in [-0.15, -0.1) is 0 Å². The highest BCUT2D eigenvalue weighted by Crippen LogP contribution is 2.37. The molecule has 0 spiro atoms. The van der Waals surface area contributed by atoms with Crippen LogP contribution >= 0.6 is 7.60 Å². The molecule has 2 aromatic rings. The van der Waals surface area contributed by atoms with Gasteiger partial charge in [0.05, 0.1) is 6.26 Å². The van der Waals surface area contributed by atoms with Crippen molar-refractivity contribution in [3.8, 4) is 0 Å². The van der Waals surface area contributed by atoms with Crippen molar-refractivity contribution in [3.05, 3.63) is 84.9 Å². The molecule has 0 aliphatic heterocycles. The van der Waals surface area contributed by atoms with Crippen LogP contribution in [0.25, 0.3) is 0 Å². The number of rotatable bonds is 6. The number of benzene rings is 2. The summed E-state index contributed by atoms with van der Waals surface area (Å²) in [5.41, 5.74) is 0. The topological polar surface area (TPSA) is 66.8 Å². The maximum absolute atomic E-state index is 10.9. The van der Waals surface area contributed by atoms with E-state index in [9.17, 15) is 4.57 Å². The second-order valence-corrected chi connectivity index (χ2v) is 12.8. The zero-order chi connectivity index (χ0) is 19.3. The zero-order valence-electron chi connectivity index (χ0n) is 15.2. The van der Waals surface area contributed by atoms with Crippen molar-refractivity contribution in [3.63, 3.8) is 0 Å². The van der Waals surface area contributed by atoms with Crippen molar-refractivity contribution < 1.29 is 18.8 Å². The van der Waals surface area contributed by atoms with Gasteiger partial charge in [0.2, 0.25) is 0 Å². The van der Waals surface area contributed by atoms with Crippen molar-refractivity contribution in [1.82, 2.24) is 0 Å². The van der Waals surface area contributed by atoms with Crippen molar-refractivity contribution in [1.29, 1.82) is 0 Å². The number of hydrogen-bond acceptors (Lipinski definition) is 2. The monoisotopic (exact) mass is 388 g/mol. The van der Waals surface area contributed by atoms with E-state index in [1.165, 1.54) is 12.2 Å². The maximum Gasteiger partial charge on any atom is 0.349 e. The molecule has 2 aromatic carbocycles. The van der Waals surface area contributed by atoms with Crippen molar-refractivity contribution in [2.45, 2.75) is 25.8 Å². The second-order valence-electron chi connectivity index (χ2n) is 7.04. The first-order valence-electron chi connectivity index (χ1n) is 8.35. The van der Waals surface area contributed by atoms with E-state index in [-0.39, 0.29) is 5.04 Å². The summed E-state index contributed by atoms with van der Waals surface area (Å²) < 4.78 is 17.4. The van der Waals surface area contributed by atoms with Gasteiger partial charge in [-0.25, -0.2) is 0 Å². The van der Waals surface area contributed by atoms with Gasteiger partial charge >= 0.3 is 15.9 Å². The third-order valence-corrected chi connectivity index (χ3v) is 9.59. The zero-order valence-corrected chi connectivity index (χ0v) is 17.1. The molecule has 0 radical (unpaired) electrons. The van der Waals surface area contributed by atoms with E-state index >= 15 is 0 Å². The highest BCUT2D eigenvalue weighted by Gasteiger charge is 2.51. The van der Waals surface area contributed by atoms with Gasteiger partial charge in [0.15, 0.2) is 0 Å². The van der Waals surface area contributed by atoms with Gasteiger partial charge < -0.3 is 14.2 Å². The summed E-state index contributed by atoms with van der Waals surface area (Å²) in [5, 5.41) is 2.12. The quantitative estimate of drug-likeness (QED) is 0.342. The molecule has 0 aliphatic carbocycles. The molecular weight excluding hydrogens is 363 g/mol. The van der Waals surface area contributed by atoms with Crippen LogP contribution in [-0.4, -0.2) is 18.1 Å². The van der Waals surface area contributed by atoms with Crippen molar-refractivity contribution in [2.24, 2.45) is 0 Å². The molecule has 0 bridgehead atoms. The fraction of sp³-hybridized carbons (Fsp3) is 0.200. The molecule has 0 amide bonds. The minimum atomic E-state index is -4.17. The van der Waals surface area contributed by atoms with Crippen LogP contribution in [0.2, 0.25) is 5.04 Å². The van der Waals surface area contributed by atoms with Gasteiger partial charge in [-0.05, 0) is 21.5 Å². The lowest BCUT2D eigenvalue weighted by molar-refractivity contribution is 0.386. The molecule has 0 saturated heterocycles. The molecular formula is C20H25O4PSi. The molecule has 0 heterocycles. The lowest BCUT2D eigenvalue weighted by Gasteiger charge is -2.41. The van der Waals surface area contributed by atoms with Gasteiger partial charge in [0, 0.05) is 5.82 Å². The molecule has 4 nitrogen and oxygen atoms in total. The van der Waals surface area contributed by atoms with E-state index in [0.29, 0.717) is 0 Å². The maximum atomic E-state index is 10.9. The minimum absolute atomic E-state index is 0.160. The standard InChI is InChI=1S/C20H25O4PSi/c1-20(2,3)26(18-12-6-4-7-13-18,19-14-8-5-9-15-19)24-16-10-11-17-25(21,22)23/h4-17H,1-3H3,(H2,21,22,23)/b16-10+,17-11+. The highest BCUT2D eigenvalue weighted by atomic mass is 31.2. The predicted octanol–water partition coefficient (Wildman–Crippen LogP) is 3.77. The third kappa shape index (κ3) is 4.83. The summed E-state index contributed by atoms with van der Waals surface area (Å²) in [7, 11) is -6.83. The van der Waals surface area contributed by atoms with E-state index < -0.39 is 15.9 Å². The Balaban J connectivity index is 2.52. The van der Waals surface area contributed by atoms with Crippen LogP contribution in [0.1, 0.15) is 20.8 Å². The average molecular weight is 388 g/mol. The molecule has 0 unspecified atom stereocenters. The molecule has 0 aliphatic rings. The van der Waals surface area contributed by atoms with E-state index in [1.54, 1.807) is 6.26 Å². The molecule has 0 fully saturated rings. The first kappa shape index (κ1) is 20.4. The van der Waals surface area contributed by atoms with Crippen LogP contribution in [0, 0.1) is 0 Å². The summed E-state index contributed by atoms with van der Waals surface area (Å²) in [4.78, 5) is 17.8. The Labute approximate surface area is 156 Å². The largest absolute Gasteiger partial charge is 0.540 e. The Morgan fingerprint density at radius 1 is 0.885 bits per heavy atom. The Morgan fingerprint density at radius 3 is 1.73 bits per heavy atom. The number of hydrogen-bond donors (Lipinski definition) is 2. The van der Waals surface area contributed by atoms with Gasteiger partial charge in [0.25, 0.3) is 0 Å². The summed E-state index contributed by atoms with van der Waals surface area (Å²) in [5.74, 6) is 0.859. The van der Waals surface area contributed by atoms with Crippen LogP contribution in [0.5, 0.6) is 0 Å². The Hall–Kier alpha value is -1.91. The van der Waals surface area contributed by atoms with E-state index in [4.69, 9.17) is 14.2 Å². The molecule has 2 rings (SSSR count). The van der Waals surface area contributed by atoms with Gasteiger partial charge in [-0.3, -0.25) is 4.57 Å². The molecule has 0 saturated carbocycles. The van der Waals surface area contributed by atoms with E-state index in [2.05, 4.69) is 45.0 Å². The Bertz CT molecular complexity index is 765. The lowest BCUT2D eigenvalue weighted by atomic mass is 10.2. The Morgan fingerprint density at radius 2 is 1.35 bits per heavy atom. The SMILES string of the molecule is CC(C)(C)[Si](O/C=C/C=C/P(=O)(O)O)(c1ccccc1)c1ccccc1. The average Bonchev–Trinajstić information content (AvgIpc) is 2.57. The summed E-state index contributed by atoms with van der Waals surface area (Å²) in [6, 6.07) is 20.3. The van der Waals surface area contributed by atoms with E-state index in [1.807, 2.05) is 36.4 Å². The molecule has 0 aromatic heterocycles. The molecule has 6 heteroatoms. The summed E-state index contributed by atoms with van der Waals surface area (Å²) >= 11 is 0. The van der Waals surface area contributed by atoms with Gasteiger partial charge in [-0.1, -0.05) is 87.5 Å². The van der Waals surface area contributed by atoms with Crippen LogP contribution in [0.3, 0.4) is 0 Å². The smallest absolute Gasteiger partial charge is 0.349 e. The first-order chi connectivity index (χ1) is 12.2. The lowest BCUT2D eigenvalue weighted by Crippen LogP contribution is -2.65. The number of allylic oxidation sites excluding steroid dienone is 2. The fourth-order valence-corrected chi connectivity index (χ4v) is 7.66. The van der Waals surface area contributed by atoms with Gasteiger partial charge in [0.1, 0.15) is 0 Å². The van der Waals surface area contributed by atoms with Crippen LogP contribution in [-0.2, 0) is 8.99 Å². The minimum Gasteiger partial charge on any atom is -0.540 e. The normalized spacial score (nSPS) is 13.4. The predicted molar refractivity (Wildman–Crippen MR) is 109 cm³/mol. The van der Waals surface area contributed by atoms with Crippen LogP contribution in [0.4, 0.5) is 0 Å². The van der Waals surface area contributed by atoms with Crippen LogP contribution < -0.4 is 10.4 Å². The highest BCUT2D eigenvalue weighted by molar-refractivity contribution is 7.55. The first-order valence-corrected chi connectivity index (χ1v) is 11.9. The second kappa shape index (κ2) is 8.19. The van der Waals surface area contributed by atoms with Gasteiger partial charge in [-0.2, -0.15) is 0 Å². The molecule has 138 valence electrons. The van der Waals surface area contributed by atoms with E-state index in [0.717, 1.165) is 16.2 Å². The van der Waals surface area contributed by atoms with Crippen molar-refractivity contribution in [2.75, 3.05) is 0 Å². The molecule has 26 heavy (non-hydrogen) atoms. The molecule has 0 atom stereocenters. The van der Waals surface area contributed by atoms with Crippen LogP contribution in [0.15, 0.2) is 84.9 Å². The Kier molecular flexibility index (Phi) is 6.42. The van der Waals surface area contributed by atoms with Crippen molar-refractivity contribution >= 4 is 26.3 Å². The molecule has 2 N–H and O–H groups in total. The summed E-state index contributed by atoms with van der Waals surface area (Å²) in [6.07, 6.45) is 4.39. The third-order valence-electron chi connectivity index (χ3n) is 4.13. The summed E-state index contributed by atoms with van der Waals surface area (Å²) in [6.45, 7) is 6.50.